The average molecular weight is 390 g/mol. The van der Waals surface area contributed by atoms with E-state index < -0.39 is 0 Å². The lowest BCUT2D eigenvalue weighted by Gasteiger charge is -2.17. The van der Waals surface area contributed by atoms with Gasteiger partial charge in [0.15, 0.2) is 11.5 Å². The van der Waals surface area contributed by atoms with Gasteiger partial charge >= 0.3 is 0 Å². The Balaban J connectivity index is 2.44. The Kier molecular flexibility index (Phi) is 5.97. The highest BCUT2D eigenvalue weighted by molar-refractivity contribution is 9.09. The predicted molar refractivity (Wildman–Crippen MR) is 93.6 cm³/mol. The quantitative estimate of drug-likeness (QED) is 0.565. The van der Waals surface area contributed by atoms with Crippen LogP contribution >= 0.6 is 38.9 Å². The highest BCUT2D eigenvalue weighted by atomic mass is 79.9. The first-order valence-corrected chi connectivity index (χ1v) is 9.07. The van der Waals surface area contributed by atoms with Gasteiger partial charge in [0, 0.05) is 11.1 Å². The molecule has 0 aliphatic heterocycles. The Morgan fingerprint density at radius 3 is 2.24 bits per heavy atom. The summed E-state index contributed by atoms with van der Waals surface area (Å²) < 4.78 is 11.3. The van der Waals surface area contributed by atoms with Crippen LogP contribution in [0, 0.1) is 6.92 Å². The summed E-state index contributed by atoms with van der Waals surface area (Å²) in [4.78, 5) is 0.0473. The van der Waals surface area contributed by atoms with Crippen LogP contribution in [0.5, 0.6) is 11.5 Å². The Morgan fingerprint density at radius 2 is 1.71 bits per heavy atom. The summed E-state index contributed by atoms with van der Waals surface area (Å²) in [5.41, 5.74) is 3.48. The molecule has 1 unspecified atom stereocenters. The molecule has 0 fully saturated rings. The lowest BCUT2D eigenvalue weighted by molar-refractivity contribution is 0.287. The van der Waals surface area contributed by atoms with Gasteiger partial charge in [0.2, 0.25) is 0 Å². The van der Waals surface area contributed by atoms with E-state index in [1.165, 1.54) is 11.1 Å². The summed E-state index contributed by atoms with van der Waals surface area (Å²) >= 11 is 11.9. The molecule has 0 N–H and O–H groups in total. The van der Waals surface area contributed by atoms with E-state index in [0.29, 0.717) is 24.0 Å². The molecule has 0 radical (unpaired) electrons. The molecule has 1 aromatic carbocycles. The Hall–Kier alpha value is -0.710. The van der Waals surface area contributed by atoms with E-state index in [0.717, 1.165) is 11.3 Å². The van der Waals surface area contributed by atoms with Gasteiger partial charge in [-0.05, 0) is 54.3 Å². The standard InChI is InChI=1S/C16H18BrClO2S/c1-4-19-14-6-11(13(18)7-15(14)20-5-2)16(17)12-9-21-8-10(12)3/h6-9,16H,4-5H2,1-3H3. The molecule has 0 aliphatic rings. The number of halogens is 2. The molecule has 2 rings (SSSR count). The summed E-state index contributed by atoms with van der Waals surface area (Å²) in [5, 5.41) is 4.95. The van der Waals surface area contributed by atoms with Crippen molar-refractivity contribution in [3.8, 4) is 11.5 Å². The molecule has 1 aromatic heterocycles. The molecule has 2 aromatic rings. The van der Waals surface area contributed by atoms with E-state index >= 15 is 0 Å². The first-order chi connectivity index (χ1) is 10.1. The fraction of sp³-hybridized carbons (Fsp3) is 0.375. The van der Waals surface area contributed by atoms with Crippen molar-refractivity contribution in [2.75, 3.05) is 13.2 Å². The van der Waals surface area contributed by atoms with Crippen LogP contribution in [-0.4, -0.2) is 13.2 Å². The van der Waals surface area contributed by atoms with Crippen molar-refractivity contribution in [1.82, 2.24) is 0 Å². The van der Waals surface area contributed by atoms with E-state index in [1.54, 1.807) is 11.3 Å². The topological polar surface area (TPSA) is 18.5 Å². The van der Waals surface area contributed by atoms with Crippen molar-refractivity contribution in [3.63, 3.8) is 0 Å². The zero-order valence-corrected chi connectivity index (χ0v) is 15.4. The largest absolute Gasteiger partial charge is 0.490 e. The zero-order valence-electron chi connectivity index (χ0n) is 12.3. The highest BCUT2D eigenvalue weighted by Crippen LogP contribution is 2.43. The molecular formula is C16H18BrClO2S. The number of hydrogen-bond acceptors (Lipinski definition) is 3. The minimum absolute atomic E-state index is 0.0473. The lowest BCUT2D eigenvalue weighted by atomic mass is 10.0. The zero-order chi connectivity index (χ0) is 15.4. The summed E-state index contributed by atoms with van der Waals surface area (Å²) in [6.45, 7) is 7.17. The van der Waals surface area contributed by atoms with Crippen LogP contribution in [0.15, 0.2) is 22.9 Å². The maximum atomic E-state index is 6.44. The van der Waals surface area contributed by atoms with Gasteiger partial charge in [0.1, 0.15) is 0 Å². The van der Waals surface area contributed by atoms with Crippen molar-refractivity contribution < 1.29 is 9.47 Å². The number of thiophene rings is 1. The summed E-state index contributed by atoms with van der Waals surface area (Å²) in [6, 6.07) is 3.80. The smallest absolute Gasteiger partial charge is 0.162 e. The number of benzene rings is 1. The molecule has 21 heavy (non-hydrogen) atoms. The van der Waals surface area contributed by atoms with Crippen molar-refractivity contribution in [2.45, 2.75) is 25.6 Å². The summed E-state index contributed by atoms with van der Waals surface area (Å²) in [5.74, 6) is 1.42. The first kappa shape index (κ1) is 16.7. The Labute approximate surface area is 143 Å². The second-order valence-electron chi connectivity index (χ2n) is 4.56. The number of hydrogen-bond donors (Lipinski definition) is 0. The van der Waals surface area contributed by atoms with Gasteiger partial charge in [-0.3, -0.25) is 0 Å². The molecule has 1 heterocycles. The maximum Gasteiger partial charge on any atom is 0.162 e. The number of aryl methyl sites for hydroxylation is 1. The molecule has 1 atom stereocenters. The maximum absolute atomic E-state index is 6.44. The fourth-order valence-corrected chi connectivity index (χ4v) is 4.40. The van der Waals surface area contributed by atoms with Gasteiger partial charge in [0.05, 0.1) is 18.0 Å². The number of rotatable bonds is 6. The van der Waals surface area contributed by atoms with Gasteiger partial charge in [-0.15, -0.1) is 0 Å². The second-order valence-corrected chi connectivity index (χ2v) is 6.63. The van der Waals surface area contributed by atoms with Crippen LogP contribution in [0.4, 0.5) is 0 Å². The monoisotopic (exact) mass is 388 g/mol. The van der Waals surface area contributed by atoms with E-state index in [2.05, 4.69) is 33.6 Å². The summed E-state index contributed by atoms with van der Waals surface area (Å²) in [7, 11) is 0. The first-order valence-electron chi connectivity index (χ1n) is 6.84. The van der Waals surface area contributed by atoms with Crippen molar-refractivity contribution in [3.05, 3.63) is 44.6 Å². The SMILES string of the molecule is CCOc1cc(Cl)c(C(Br)c2cscc2C)cc1OCC. The minimum Gasteiger partial charge on any atom is -0.490 e. The highest BCUT2D eigenvalue weighted by Gasteiger charge is 2.20. The third-order valence-electron chi connectivity index (χ3n) is 3.10. The number of ether oxygens (including phenoxy) is 2. The molecule has 0 aliphatic carbocycles. The van der Waals surface area contributed by atoms with E-state index in [4.69, 9.17) is 21.1 Å². The third-order valence-corrected chi connectivity index (χ3v) is 5.30. The molecule has 0 bridgehead atoms. The normalized spacial score (nSPS) is 12.2. The molecule has 5 heteroatoms. The molecule has 0 amide bonds. The molecule has 114 valence electrons. The van der Waals surface area contributed by atoms with Crippen LogP contribution in [-0.2, 0) is 0 Å². The van der Waals surface area contributed by atoms with Crippen LogP contribution in [0.25, 0.3) is 0 Å². The Bertz CT molecular complexity index is 612. The molecule has 0 saturated carbocycles. The average Bonchev–Trinajstić information content (AvgIpc) is 2.87. The van der Waals surface area contributed by atoms with Gasteiger partial charge in [0.25, 0.3) is 0 Å². The van der Waals surface area contributed by atoms with Crippen molar-refractivity contribution in [1.29, 1.82) is 0 Å². The molecule has 0 spiro atoms. The molecular weight excluding hydrogens is 372 g/mol. The number of alkyl halides is 1. The minimum atomic E-state index is 0.0473. The molecule has 0 saturated heterocycles. The van der Waals surface area contributed by atoms with E-state index in [1.807, 2.05) is 26.0 Å². The van der Waals surface area contributed by atoms with Crippen LogP contribution in [0.3, 0.4) is 0 Å². The Morgan fingerprint density at radius 1 is 1.10 bits per heavy atom. The van der Waals surface area contributed by atoms with E-state index in [9.17, 15) is 0 Å². The fourth-order valence-electron chi connectivity index (χ4n) is 2.08. The van der Waals surface area contributed by atoms with E-state index in [-0.39, 0.29) is 4.83 Å². The van der Waals surface area contributed by atoms with Gasteiger partial charge < -0.3 is 9.47 Å². The van der Waals surface area contributed by atoms with Gasteiger partial charge in [-0.25, -0.2) is 0 Å². The predicted octanol–water partition coefficient (Wildman–Crippen LogP) is 5.99. The molecule has 2 nitrogen and oxygen atoms in total. The summed E-state index contributed by atoms with van der Waals surface area (Å²) in [6.07, 6.45) is 0. The van der Waals surface area contributed by atoms with Gasteiger partial charge in [-0.2, -0.15) is 11.3 Å². The lowest BCUT2D eigenvalue weighted by Crippen LogP contribution is -2.01. The van der Waals surface area contributed by atoms with Crippen molar-refractivity contribution >= 4 is 38.9 Å². The van der Waals surface area contributed by atoms with Crippen LogP contribution < -0.4 is 9.47 Å². The van der Waals surface area contributed by atoms with Crippen LogP contribution in [0.2, 0.25) is 5.02 Å². The third kappa shape index (κ3) is 3.74. The van der Waals surface area contributed by atoms with Crippen LogP contribution in [0.1, 0.15) is 35.4 Å². The van der Waals surface area contributed by atoms with Crippen molar-refractivity contribution in [2.24, 2.45) is 0 Å². The second kappa shape index (κ2) is 7.52. The van der Waals surface area contributed by atoms with Gasteiger partial charge in [-0.1, -0.05) is 27.5 Å².